The number of hydrogen-bond donors (Lipinski definition) is 1. The smallest absolute Gasteiger partial charge is 0.0543 e. The van der Waals surface area contributed by atoms with E-state index in [2.05, 4.69) is 16.9 Å². The van der Waals surface area contributed by atoms with Gasteiger partial charge in [-0.15, -0.1) is 0 Å². The van der Waals surface area contributed by atoms with Crippen LogP contribution in [0.5, 0.6) is 0 Å². The summed E-state index contributed by atoms with van der Waals surface area (Å²) in [7, 11) is 2.09. The molecule has 0 amide bonds. The van der Waals surface area contributed by atoms with Gasteiger partial charge in [0.1, 0.15) is 0 Å². The molecule has 0 spiro atoms. The van der Waals surface area contributed by atoms with Gasteiger partial charge in [-0.2, -0.15) is 0 Å². The number of nitrogens with two attached hydrogens (primary N) is 1. The largest absolute Gasteiger partial charge is 0.381 e. The van der Waals surface area contributed by atoms with Crippen molar-refractivity contribution < 1.29 is 4.74 Å². The molecule has 1 aliphatic rings. The van der Waals surface area contributed by atoms with E-state index < -0.39 is 0 Å². The Kier molecular flexibility index (Phi) is 4.48. The second-order valence-electron chi connectivity index (χ2n) is 4.81. The first-order valence-electron chi connectivity index (χ1n) is 6.17. The van der Waals surface area contributed by atoms with E-state index in [-0.39, 0.29) is 6.04 Å². The lowest BCUT2D eigenvalue weighted by atomic mass is 9.99. The topological polar surface area (TPSA) is 51.4 Å². The number of hydrogen-bond acceptors (Lipinski definition) is 4. The van der Waals surface area contributed by atoms with Gasteiger partial charge < -0.3 is 10.5 Å². The van der Waals surface area contributed by atoms with E-state index in [1.54, 1.807) is 0 Å². The molecule has 1 aliphatic heterocycles. The molecule has 1 saturated heterocycles. The van der Waals surface area contributed by atoms with Crippen LogP contribution in [0.3, 0.4) is 0 Å². The van der Waals surface area contributed by atoms with Gasteiger partial charge in [0.15, 0.2) is 0 Å². The molecule has 1 aromatic rings. The fourth-order valence-electron chi connectivity index (χ4n) is 2.23. The molecule has 0 aliphatic carbocycles. The Morgan fingerprint density at radius 1 is 1.59 bits per heavy atom. The monoisotopic (exact) mass is 235 g/mol. The molecule has 0 aromatic carbocycles. The Hall–Kier alpha value is -0.970. The van der Waals surface area contributed by atoms with Crippen LogP contribution in [0, 0.1) is 5.92 Å². The molecular formula is C13H21N3O. The van der Waals surface area contributed by atoms with Crippen molar-refractivity contribution in [3.8, 4) is 0 Å². The van der Waals surface area contributed by atoms with E-state index in [1.807, 2.05) is 24.4 Å². The molecule has 1 fully saturated rings. The highest BCUT2D eigenvalue weighted by Gasteiger charge is 2.23. The van der Waals surface area contributed by atoms with Crippen molar-refractivity contribution in [1.29, 1.82) is 0 Å². The second-order valence-corrected chi connectivity index (χ2v) is 4.81. The molecule has 4 heteroatoms. The molecule has 0 saturated carbocycles. The lowest BCUT2D eigenvalue weighted by molar-refractivity contribution is 0.173. The number of pyridine rings is 1. The van der Waals surface area contributed by atoms with Gasteiger partial charge in [0.2, 0.25) is 0 Å². The zero-order chi connectivity index (χ0) is 12.1. The van der Waals surface area contributed by atoms with Crippen molar-refractivity contribution in [2.45, 2.75) is 19.0 Å². The molecule has 2 rings (SSSR count). The molecule has 94 valence electrons. The summed E-state index contributed by atoms with van der Waals surface area (Å²) in [5.41, 5.74) is 7.28. The molecular weight excluding hydrogens is 214 g/mol. The van der Waals surface area contributed by atoms with Crippen LogP contribution in [0.2, 0.25) is 0 Å². The van der Waals surface area contributed by atoms with E-state index in [9.17, 15) is 0 Å². The highest BCUT2D eigenvalue weighted by molar-refractivity contribution is 5.03. The zero-order valence-electron chi connectivity index (χ0n) is 10.4. The summed E-state index contributed by atoms with van der Waals surface area (Å²) in [4.78, 5) is 6.54. The van der Waals surface area contributed by atoms with Crippen LogP contribution in [0.15, 0.2) is 24.4 Å². The number of rotatable bonds is 5. The van der Waals surface area contributed by atoms with Crippen LogP contribution in [0.1, 0.15) is 12.1 Å². The van der Waals surface area contributed by atoms with Gasteiger partial charge in [-0.1, -0.05) is 6.07 Å². The van der Waals surface area contributed by atoms with E-state index >= 15 is 0 Å². The highest BCUT2D eigenvalue weighted by Crippen LogP contribution is 2.16. The molecule has 2 N–H and O–H groups in total. The Morgan fingerprint density at radius 3 is 3.12 bits per heavy atom. The summed E-state index contributed by atoms with van der Waals surface area (Å²) < 4.78 is 5.37. The Balaban J connectivity index is 1.78. The third-order valence-corrected chi connectivity index (χ3v) is 3.25. The maximum atomic E-state index is 6.19. The van der Waals surface area contributed by atoms with Crippen molar-refractivity contribution in [2.24, 2.45) is 11.7 Å². The summed E-state index contributed by atoms with van der Waals surface area (Å²) in [6.45, 7) is 3.42. The average molecular weight is 235 g/mol. The molecule has 0 radical (unpaired) electrons. The molecule has 2 unspecified atom stereocenters. The SMILES string of the molecule is CN(Cc1ccccn1)CC(N)C1CCOC1. The van der Waals surface area contributed by atoms with Crippen LogP contribution in [0.4, 0.5) is 0 Å². The third-order valence-electron chi connectivity index (χ3n) is 3.25. The summed E-state index contributed by atoms with van der Waals surface area (Å²) in [5.74, 6) is 0.515. The zero-order valence-corrected chi connectivity index (χ0v) is 10.4. The predicted octanol–water partition coefficient (Wildman–Crippen LogP) is 0.877. The van der Waals surface area contributed by atoms with Crippen LogP contribution in [-0.2, 0) is 11.3 Å². The fourth-order valence-corrected chi connectivity index (χ4v) is 2.23. The summed E-state index contributed by atoms with van der Waals surface area (Å²) in [5, 5.41) is 0. The van der Waals surface area contributed by atoms with Gasteiger partial charge in [0.05, 0.1) is 12.3 Å². The number of ether oxygens (including phenoxy) is 1. The van der Waals surface area contributed by atoms with E-state index in [1.165, 1.54) is 0 Å². The maximum Gasteiger partial charge on any atom is 0.0543 e. The van der Waals surface area contributed by atoms with Crippen LogP contribution >= 0.6 is 0 Å². The van der Waals surface area contributed by atoms with Gasteiger partial charge >= 0.3 is 0 Å². The molecule has 2 heterocycles. The van der Waals surface area contributed by atoms with Crippen LogP contribution < -0.4 is 5.73 Å². The third kappa shape index (κ3) is 3.77. The van der Waals surface area contributed by atoms with Gasteiger partial charge in [-0.25, -0.2) is 0 Å². The normalized spacial score (nSPS) is 21.9. The van der Waals surface area contributed by atoms with Crippen molar-refractivity contribution in [3.05, 3.63) is 30.1 Å². The molecule has 17 heavy (non-hydrogen) atoms. The van der Waals surface area contributed by atoms with Crippen molar-refractivity contribution in [2.75, 3.05) is 26.8 Å². The summed E-state index contributed by atoms with van der Waals surface area (Å²) in [6.07, 6.45) is 2.92. The van der Waals surface area contributed by atoms with Crippen LogP contribution in [-0.4, -0.2) is 42.7 Å². The highest BCUT2D eigenvalue weighted by atomic mass is 16.5. The molecule has 2 atom stereocenters. The number of likely N-dealkylation sites (N-methyl/N-ethyl adjacent to an activating group) is 1. The van der Waals surface area contributed by atoms with Gasteiger partial charge in [0.25, 0.3) is 0 Å². The number of nitrogens with zero attached hydrogens (tertiary/aromatic N) is 2. The average Bonchev–Trinajstić information content (AvgIpc) is 2.83. The molecule has 1 aromatic heterocycles. The standard InChI is InChI=1S/C13H21N3O/c1-16(8-12-4-2-3-6-15-12)9-13(14)11-5-7-17-10-11/h2-4,6,11,13H,5,7-10,14H2,1H3. The van der Waals surface area contributed by atoms with E-state index in [0.717, 1.165) is 38.4 Å². The van der Waals surface area contributed by atoms with Crippen LogP contribution in [0.25, 0.3) is 0 Å². The quantitative estimate of drug-likeness (QED) is 0.823. The van der Waals surface area contributed by atoms with Gasteiger partial charge in [0, 0.05) is 37.9 Å². The van der Waals surface area contributed by atoms with Crippen molar-refractivity contribution in [3.63, 3.8) is 0 Å². The fraction of sp³-hybridized carbons (Fsp3) is 0.615. The number of aromatic nitrogens is 1. The minimum atomic E-state index is 0.200. The Labute approximate surface area is 103 Å². The minimum absolute atomic E-state index is 0.200. The first-order chi connectivity index (χ1) is 8.25. The van der Waals surface area contributed by atoms with Crippen molar-refractivity contribution >= 4 is 0 Å². The lowest BCUT2D eigenvalue weighted by Gasteiger charge is -2.24. The molecule has 0 bridgehead atoms. The van der Waals surface area contributed by atoms with Crippen molar-refractivity contribution in [1.82, 2.24) is 9.88 Å². The summed E-state index contributed by atoms with van der Waals surface area (Å²) in [6, 6.07) is 6.19. The summed E-state index contributed by atoms with van der Waals surface area (Å²) >= 11 is 0. The predicted molar refractivity (Wildman–Crippen MR) is 67.5 cm³/mol. The maximum absolute atomic E-state index is 6.19. The van der Waals surface area contributed by atoms with Gasteiger partial charge in [-0.05, 0) is 25.6 Å². The Morgan fingerprint density at radius 2 is 2.47 bits per heavy atom. The van der Waals surface area contributed by atoms with E-state index in [4.69, 9.17) is 10.5 Å². The van der Waals surface area contributed by atoms with E-state index in [0.29, 0.717) is 5.92 Å². The first-order valence-corrected chi connectivity index (χ1v) is 6.17. The first kappa shape index (κ1) is 12.5. The lowest BCUT2D eigenvalue weighted by Crippen LogP contribution is -2.40. The van der Waals surface area contributed by atoms with Gasteiger partial charge in [-0.3, -0.25) is 9.88 Å². The second kappa shape index (κ2) is 6.10. The minimum Gasteiger partial charge on any atom is -0.381 e. The molecule has 4 nitrogen and oxygen atoms in total. The Bertz CT molecular complexity index is 325.